The molecular formula is C15H12F2N2O2S. The summed E-state index contributed by atoms with van der Waals surface area (Å²) < 4.78 is 56.8. The molecule has 1 N–H and O–H groups in total. The zero-order chi connectivity index (χ0) is 16.0. The molecule has 7 heteroatoms. The second-order valence-corrected chi connectivity index (χ2v) is 6.50. The molecule has 0 aliphatic carbocycles. The molecule has 0 fully saturated rings. The highest BCUT2D eigenvalue weighted by atomic mass is 32.2. The van der Waals surface area contributed by atoms with Gasteiger partial charge in [0.25, 0.3) is 0 Å². The van der Waals surface area contributed by atoms with Crippen LogP contribution in [0.1, 0.15) is 18.1 Å². The van der Waals surface area contributed by atoms with Crippen LogP contribution in [-0.4, -0.2) is 14.1 Å². The fraction of sp³-hybridized carbons (Fsp3) is 0.133. The van der Waals surface area contributed by atoms with Gasteiger partial charge in [-0.3, -0.25) is 0 Å². The Balaban J connectivity index is 2.21. The van der Waals surface area contributed by atoms with Gasteiger partial charge in [-0.1, -0.05) is 24.3 Å². The summed E-state index contributed by atoms with van der Waals surface area (Å²) in [4.78, 5) is 0. The lowest BCUT2D eigenvalue weighted by Crippen LogP contribution is -2.43. The first-order valence-corrected chi connectivity index (χ1v) is 7.90. The summed E-state index contributed by atoms with van der Waals surface area (Å²) in [6.07, 6.45) is 0. The fourth-order valence-corrected chi connectivity index (χ4v) is 3.82. The lowest BCUT2D eigenvalue weighted by molar-refractivity contribution is 0.548. The van der Waals surface area contributed by atoms with E-state index >= 15 is 0 Å². The average molecular weight is 322 g/mol. The van der Waals surface area contributed by atoms with E-state index in [0.29, 0.717) is 11.1 Å². The predicted molar refractivity (Wildman–Crippen MR) is 78.7 cm³/mol. The highest BCUT2D eigenvalue weighted by Gasteiger charge is 2.43. The van der Waals surface area contributed by atoms with Crippen LogP contribution >= 0.6 is 0 Å². The van der Waals surface area contributed by atoms with Gasteiger partial charge in [-0.15, -0.1) is 0 Å². The minimum Gasteiger partial charge on any atom is -0.207 e. The van der Waals surface area contributed by atoms with Crippen LogP contribution in [0.5, 0.6) is 0 Å². The largest absolute Gasteiger partial charge is 0.321 e. The standard InChI is InChI=1S/C15H12F2N2O2S/c1-15(11-5-3-7-13(17)9-11)14(18-22(20,21)19-15)10-4-2-6-12(16)8-10/h2-9,19H,1H3. The van der Waals surface area contributed by atoms with Crippen molar-refractivity contribution in [2.24, 2.45) is 4.40 Å². The zero-order valence-corrected chi connectivity index (χ0v) is 12.4. The monoisotopic (exact) mass is 322 g/mol. The molecule has 1 heterocycles. The van der Waals surface area contributed by atoms with Crippen LogP contribution in [0.4, 0.5) is 8.78 Å². The molecular weight excluding hydrogens is 310 g/mol. The SMILES string of the molecule is CC1(c2cccc(F)c2)NS(=O)(=O)N=C1c1cccc(F)c1. The number of nitrogens with one attached hydrogen (secondary N) is 1. The van der Waals surface area contributed by atoms with Crippen LogP contribution in [0.2, 0.25) is 0 Å². The summed E-state index contributed by atoms with van der Waals surface area (Å²) in [6.45, 7) is 1.57. The van der Waals surface area contributed by atoms with E-state index in [1.807, 2.05) is 0 Å². The van der Waals surface area contributed by atoms with Gasteiger partial charge in [0, 0.05) is 5.56 Å². The van der Waals surface area contributed by atoms with Gasteiger partial charge in [-0.05, 0) is 36.8 Å². The number of halogens is 2. The van der Waals surface area contributed by atoms with Gasteiger partial charge in [0.05, 0.1) is 5.71 Å². The third-order valence-corrected chi connectivity index (χ3v) is 4.61. The molecule has 0 radical (unpaired) electrons. The quantitative estimate of drug-likeness (QED) is 0.923. The van der Waals surface area contributed by atoms with Crippen molar-refractivity contribution in [2.45, 2.75) is 12.5 Å². The first-order valence-electron chi connectivity index (χ1n) is 6.46. The van der Waals surface area contributed by atoms with Crippen LogP contribution in [0.3, 0.4) is 0 Å². The number of hydrogen-bond acceptors (Lipinski definition) is 2. The fourth-order valence-electron chi connectivity index (χ4n) is 2.51. The predicted octanol–water partition coefficient (Wildman–Crippen LogP) is 2.52. The van der Waals surface area contributed by atoms with Crippen LogP contribution in [0, 0.1) is 11.6 Å². The lowest BCUT2D eigenvalue weighted by atomic mass is 9.84. The Bertz CT molecular complexity index is 881. The van der Waals surface area contributed by atoms with Crippen molar-refractivity contribution in [3.05, 3.63) is 71.3 Å². The molecule has 114 valence electrons. The number of nitrogens with zero attached hydrogens (tertiary/aromatic N) is 1. The van der Waals surface area contributed by atoms with Crippen LogP contribution in [0.15, 0.2) is 52.9 Å². The van der Waals surface area contributed by atoms with Gasteiger partial charge >= 0.3 is 10.2 Å². The van der Waals surface area contributed by atoms with E-state index in [4.69, 9.17) is 0 Å². The molecule has 0 amide bonds. The minimum atomic E-state index is -3.93. The lowest BCUT2D eigenvalue weighted by Gasteiger charge is -2.26. The normalized spacial score (nSPS) is 23.3. The van der Waals surface area contributed by atoms with Gasteiger partial charge in [-0.25, -0.2) is 8.78 Å². The molecule has 2 aromatic rings. The summed E-state index contributed by atoms with van der Waals surface area (Å²) in [5.74, 6) is -1.01. The number of hydrogen-bond donors (Lipinski definition) is 1. The second-order valence-electron chi connectivity index (χ2n) is 5.16. The smallest absolute Gasteiger partial charge is 0.207 e. The minimum absolute atomic E-state index is 0.123. The van der Waals surface area contributed by atoms with Crippen molar-refractivity contribution in [3.8, 4) is 0 Å². The molecule has 0 spiro atoms. The molecule has 0 saturated heterocycles. The zero-order valence-electron chi connectivity index (χ0n) is 11.5. The van der Waals surface area contributed by atoms with Crippen molar-refractivity contribution in [3.63, 3.8) is 0 Å². The Hall–Kier alpha value is -2.12. The molecule has 0 saturated carbocycles. The van der Waals surface area contributed by atoms with Crippen LogP contribution in [-0.2, 0) is 15.7 Å². The van der Waals surface area contributed by atoms with Crippen molar-refractivity contribution >= 4 is 15.9 Å². The van der Waals surface area contributed by atoms with E-state index in [0.717, 1.165) is 0 Å². The van der Waals surface area contributed by atoms with E-state index in [9.17, 15) is 17.2 Å². The molecule has 3 rings (SSSR count). The van der Waals surface area contributed by atoms with E-state index in [2.05, 4.69) is 9.12 Å². The van der Waals surface area contributed by atoms with Crippen molar-refractivity contribution in [2.75, 3.05) is 0 Å². The van der Waals surface area contributed by atoms with E-state index < -0.39 is 27.4 Å². The Morgan fingerprint density at radius 3 is 2.32 bits per heavy atom. The van der Waals surface area contributed by atoms with Crippen LogP contribution < -0.4 is 4.72 Å². The summed E-state index contributed by atoms with van der Waals surface area (Å²) in [5, 5.41) is 0. The molecule has 4 nitrogen and oxygen atoms in total. The maximum atomic E-state index is 13.5. The van der Waals surface area contributed by atoms with Crippen LogP contribution in [0.25, 0.3) is 0 Å². The van der Waals surface area contributed by atoms with Gasteiger partial charge < -0.3 is 0 Å². The summed E-state index contributed by atoms with van der Waals surface area (Å²) in [7, 11) is -3.93. The molecule has 2 aromatic carbocycles. The Morgan fingerprint density at radius 1 is 1.05 bits per heavy atom. The third kappa shape index (κ3) is 2.53. The van der Waals surface area contributed by atoms with Crippen molar-refractivity contribution in [1.82, 2.24) is 4.72 Å². The van der Waals surface area contributed by atoms with Gasteiger partial charge in [-0.2, -0.15) is 17.5 Å². The second kappa shape index (κ2) is 4.96. The van der Waals surface area contributed by atoms with Gasteiger partial charge in [0.15, 0.2) is 0 Å². The maximum absolute atomic E-state index is 13.5. The summed E-state index contributed by atoms with van der Waals surface area (Å²) >= 11 is 0. The summed E-state index contributed by atoms with van der Waals surface area (Å²) in [6, 6.07) is 11.0. The number of benzene rings is 2. The molecule has 0 aromatic heterocycles. The van der Waals surface area contributed by atoms with Gasteiger partial charge in [0.2, 0.25) is 0 Å². The third-order valence-electron chi connectivity index (χ3n) is 3.52. The maximum Gasteiger partial charge on any atom is 0.321 e. The highest BCUT2D eigenvalue weighted by Crippen LogP contribution is 2.32. The molecule has 1 aliphatic rings. The number of rotatable bonds is 2. The van der Waals surface area contributed by atoms with Crippen molar-refractivity contribution in [1.29, 1.82) is 0 Å². The molecule has 0 bridgehead atoms. The molecule has 1 aliphatic heterocycles. The topological polar surface area (TPSA) is 58.5 Å². The Morgan fingerprint density at radius 2 is 1.68 bits per heavy atom. The molecule has 1 unspecified atom stereocenters. The molecule has 1 atom stereocenters. The van der Waals surface area contributed by atoms with Crippen molar-refractivity contribution < 1.29 is 17.2 Å². The average Bonchev–Trinajstić information content (AvgIpc) is 2.70. The van der Waals surface area contributed by atoms with E-state index in [-0.39, 0.29) is 5.71 Å². The Labute approximate surface area is 126 Å². The Kier molecular flexibility index (Phi) is 3.34. The first kappa shape index (κ1) is 14.8. The van der Waals surface area contributed by atoms with E-state index in [1.165, 1.54) is 36.4 Å². The summed E-state index contributed by atoms with van der Waals surface area (Å²) in [5.41, 5.74) is -0.441. The van der Waals surface area contributed by atoms with Gasteiger partial charge in [0.1, 0.15) is 17.2 Å². The first-order chi connectivity index (χ1) is 10.3. The molecule has 22 heavy (non-hydrogen) atoms. The highest BCUT2D eigenvalue weighted by molar-refractivity contribution is 7.88. The van der Waals surface area contributed by atoms with E-state index in [1.54, 1.807) is 19.1 Å².